The van der Waals surface area contributed by atoms with Crippen molar-refractivity contribution in [1.29, 1.82) is 0 Å². The third-order valence-electron chi connectivity index (χ3n) is 3.40. The van der Waals surface area contributed by atoms with E-state index in [-0.39, 0.29) is 6.61 Å². The lowest BCUT2D eigenvalue weighted by Gasteiger charge is -2.30. The van der Waals surface area contributed by atoms with E-state index in [0.29, 0.717) is 19.0 Å². The number of aliphatic hydroxyl groups excluding tert-OH is 1. The summed E-state index contributed by atoms with van der Waals surface area (Å²) in [5, 5.41) is 17.8. The molecule has 1 aromatic rings. The van der Waals surface area contributed by atoms with Gasteiger partial charge in [0.1, 0.15) is 0 Å². The van der Waals surface area contributed by atoms with E-state index >= 15 is 0 Å². The van der Waals surface area contributed by atoms with Gasteiger partial charge in [0.2, 0.25) is 0 Å². The normalized spacial score (nSPS) is 17.1. The van der Waals surface area contributed by atoms with Crippen molar-refractivity contribution in [2.24, 2.45) is 0 Å². The van der Waals surface area contributed by atoms with Crippen LogP contribution in [0.2, 0.25) is 0 Å². The van der Waals surface area contributed by atoms with Gasteiger partial charge < -0.3 is 15.1 Å². The minimum absolute atomic E-state index is 0.0672. The summed E-state index contributed by atoms with van der Waals surface area (Å²) in [6.07, 6.45) is 0.939. The zero-order chi connectivity index (χ0) is 12.3. The summed E-state index contributed by atoms with van der Waals surface area (Å²) >= 11 is 0. The van der Waals surface area contributed by atoms with Crippen LogP contribution in [-0.2, 0) is 6.61 Å². The fourth-order valence-electron chi connectivity index (χ4n) is 2.30. The highest BCUT2D eigenvalue weighted by atomic mass is 16.4. The van der Waals surface area contributed by atoms with Gasteiger partial charge in [-0.05, 0) is 29.9 Å². The molecule has 0 spiro atoms. The van der Waals surface area contributed by atoms with Crippen molar-refractivity contribution in [3.05, 3.63) is 35.4 Å². The maximum Gasteiger partial charge on any atom is 0.407 e. The molecule has 1 aromatic carbocycles. The number of hydrogen-bond acceptors (Lipinski definition) is 2. The van der Waals surface area contributed by atoms with Crippen molar-refractivity contribution in [1.82, 2.24) is 4.90 Å². The summed E-state index contributed by atoms with van der Waals surface area (Å²) in [5.41, 5.74) is 2.16. The van der Waals surface area contributed by atoms with Crippen LogP contribution in [0.4, 0.5) is 4.79 Å². The predicted octanol–water partition coefficient (Wildman–Crippen LogP) is 2.04. The Morgan fingerprint density at radius 3 is 2.29 bits per heavy atom. The first-order valence-corrected chi connectivity index (χ1v) is 5.88. The molecule has 1 aliphatic rings. The van der Waals surface area contributed by atoms with Crippen LogP contribution in [-0.4, -0.2) is 34.3 Å². The maximum atomic E-state index is 10.8. The lowest BCUT2D eigenvalue weighted by atomic mass is 9.89. The third kappa shape index (κ3) is 2.77. The molecule has 1 amide bonds. The highest BCUT2D eigenvalue weighted by Crippen LogP contribution is 2.28. The largest absolute Gasteiger partial charge is 0.465 e. The third-order valence-corrected chi connectivity index (χ3v) is 3.40. The van der Waals surface area contributed by atoms with Crippen molar-refractivity contribution >= 4 is 6.09 Å². The Bertz CT molecular complexity index is 380. The fourth-order valence-corrected chi connectivity index (χ4v) is 2.30. The SMILES string of the molecule is O=C(O)N1CCC(c2ccc(CO)cc2)CC1. The van der Waals surface area contributed by atoms with Crippen molar-refractivity contribution < 1.29 is 15.0 Å². The second kappa shape index (κ2) is 5.19. The number of hydrogen-bond donors (Lipinski definition) is 2. The van der Waals surface area contributed by atoms with Gasteiger partial charge in [0, 0.05) is 13.1 Å². The van der Waals surface area contributed by atoms with E-state index in [0.717, 1.165) is 18.4 Å². The minimum Gasteiger partial charge on any atom is -0.465 e. The number of rotatable bonds is 2. The molecule has 4 nitrogen and oxygen atoms in total. The topological polar surface area (TPSA) is 60.8 Å². The molecule has 17 heavy (non-hydrogen) atoms. The molecule has 1 fully saturated rings. The highest BCUT2D eigenvalue weighted by Gasteiger charge is 2.23. The number of benzene rings is 1. The van der Waals surface area contributed by atoms with Gasteiger partial charge in [-0.2, -0.15) is 0 Å². The van der Waals surface area contributed by atoms with Gasteiger partial charge in [-0.1, -0.05) is 24.3 Å². The molecule has 0 unspecified atom stereocenters. The molecule has 4 heteroatoms. The van der Waals surface area contributed by atoms with Crippen LogP contribution in [0, 0.1) is 0 Å². The Morgan fingerprint density at radius 2 is 1.82 bits per heavy atom. The molecule has 92 valence electrons. The number of likely N-dealkylation sites (tertiary alicyclic amines) is 1. The van der Waals surface area contributed by atoms with Gasteiger partial charge in [-0.25, -0.2) is 4.79 Å². The van der Waals surface area contributed by atoms with E-state index in [1.165, 1.54) is 10.5 Å². The number of piperidine rings is 1. The summed E-state index contributed by atoms with van der Waals surface area (Å²) in [7, 11) is 0. The molecule has 0 aliphatic carbocycles. The van der Waals surface area contributed by atoms with Crippen LogP contribution in [0.1, 0.15) is 29.9 Å². The highest BCUT2D eigenvalue weighted by molar-refractivity contribution is 5.65. The number of aliphatic hydroxyl groups is 1. The lowest BCUT2D eigenvalue weighted by Crippen LogP contribution is -2.36. The monoisotopic (exact) mass is 235 g/mol. The standard InChI is InChI=1S/C13H17NO3/c15-9-10-1-3-11(4-2-10)12-5-7-14(8-6-12)13(16)17/h1-4,12,15H,5-9H2,(H,16,17). The fraction of sp³-hybridized carbons (Fsp3) is 0.462. The van der Waals surface area contributed by atoms with E-state index in [1.54, 1.807) is 0 Å². The Hall–Kier alpha value is -1.55. The summed E-state index contributed by atoms with van der Waals surface area (Å²) in [6.45, 7) is 1.29. The van der Waals surface area contributed by atoms with Crippen molar-refractivity contribution in [2.75, 3.05) is 13.1 Å². The molecule has 0 saturated carbocycles. The Balaban J connectivity index is 1.97. The van der Waals surface area contributed by atoms with E-state index in [1.807, 2.05) is 24.3 Å². The van der Waals surface area contributed by atoms with E-state index in [2.05, 4.69) is 0 Å². The average Bonchev–Trinajstić information content (AvgIpc) is 2.39. The van der Waals surface area contributed by atoms with Gasteiger partial charge in [-0.3, -0.25) is 0 Å². The number of carbonyl (C=O) groups is 1. The molecule has 2 rings (SSSR count). The molecular formula is C13H17NO3. The number of amides is 1. The van der Waals surface area contributed by atoms with Crippen molar-refractivity contribution in [3.63, 3.8) is 0 Å². The predicted molar refractivity (Wildman–Crippen MR) is 63.9 cm³/mol. The molecular weight excluding hydrogens is 218 g/mol. The van der Waals surface area contributed by atoms with E-state index < -0.39 is 6.09 Å². The van der Waals surface area contributed by atoms with Crippen LogP contribution in [0.25, 0.3) is 0 Å². The summed E-state index contributed by atoms with van der Waals surface area (Å²) < 4.78 is 0. The van der Waals surface area contributed by atoms with Gasteiger partial charge in [0.15, 0.2) is 0 Å². The second-order valence-corrected chi connectivity index (χ2v) is 4.44. The lowest BCUT2D eigenvalue weighted by molar-refractivity contribution is 0.132. The first kappa shape index (κ1) is 11.9. The molecule has 1 saturated heterocycles. The van der Waals surface area contributed by atoms with Gasteiger partial charge in [0.25, 0.3) is 0 Å². The van der Waals surface area contributed by atoms with E-state index in [4.69, 9.17) is 10.2 Å². The zero-order valence-corrected chi connectivity index (χ0v) is 9.67. The average molecular weight is 235 g/mol. The van der Waals surface area contributed by atoms with Gasteiger partial charge in [-0.15, -0.1) is 0 Å². The molecule has 0 atom stereocenters. The smallest absolute Gasteiger partial charge is 0.407 e. The van der Waals surface area contributed by atoms with Gasteiger partial charge >= 0.3 is 6.09 Å². The van der Waals surface area contributed by atoms with Crippen molar-refractivity contribution in [2.45, 2.75) is 25.4 Å². The van der Waals surface area contributed by atoms with Crippen LogP contribution >= 0.6 is 0 Å². The summed E-state index contributed by atoms with van der Waals surface area (Å²) in [5.74, 6) is 0.443. The molecule has 0 bridgehead atoms. The Morgan fingerprint density at radius 1 is 1.24 bits per heavy atom. The summed E-state index contributed by atoms with van der Waals surface area (Å²) in [4.78, 5) is 12.3. The minimum atomic E-state index is -0.820. The van der Waals surface area contributed by atoms with Crippen LogP contribution in [0.15, 0.2) is 24.3 Å². The number of nitrogens with zero attached hydrogens (tertiary/aromatic N) is 1. The van der Waals surface area contributed by atoms with Crippen LogP contribution in [0.5, 0.6) is 0 Å². The zero-order valence-electron chi connectivity index (χ0n) is 9.67. The first-order chi connectivity index (χ1) is 8.20. The van der Waals surface area contributed by atoms with Crippen LogP contribution < -0.4 is 0 Å². The Labute approximate surface area is 100 Å². The quantitative estimate of drug-likeness (QED) is 0.824. The van der Waals surface area contributed by atoms with Crippen LogP contribution in [0.3, 0.4) is 0 Å². The molecule has 1 heterocycles. The molecule has 0 aromatic heterocycles. The number of carboxylic acid groups (broad SMARTS) is 1. The van der Waals surface area contributed by atoms with Crippen molar-refractivity contribution in [3.8, 4) is 0 Å². The molecule has 1 aliphatic heterocycles. The Kier molecular flexibility index (Phi) is 3.64. The first-order valence-electron chi connectivity index (χ1n) is 5.88. The second-order valence-electron chi connectivity index (χ2n) is 4.44. The van der Waals surface area contributed by atoms with E-state index in [9.17, 15) is 4.79 Å². The van der Waals surface area contributed by atoms with Gasteiger partial charge in [0.05, 0.1) is 6.61 Å². The summed E-state index contributed by atoms with van der Waals surface area (Å²) in [6, 6.07) is 7.93. The molecule has 2 N–H and O–H groups in total. The molecule has 0 radical (unpaired) electrons. The maximum absolute atomic E-state index is 10.8.